The van der Waals surface area contributed by atoms with Gasteiger partial charge in [0, 0.05) is 5.56 Å². The molecule has 2 aromatic rings. The molecule has 0 spiro atoms. The molecular weight excluding hydrogens is 303 g/mol. The Bertz CT molecular complexity index is 849. The molecule has 0 aliphatic heterocycles. The standard InChI is InChI=1S/C21H19FO2/c1-12(20(22)13-2-4-14(5-3-13)21(23)24)15-8-9-18-16-6-7-17(10-16)19(18)11-15/h2-5,8-9,11,16-17H,6-7,10H2,1H3,(H,23,24)/b20-12+. The molecule has 2 atom stereocenters. The van der Waals surface area contributed by atoms with E-state index in [1.165, 1.54) is 54.7 Å². The Labute approximate surface area is 140 Å². The fraction of sp³-hybridized carbons (Fsp3) is 0.286. The molecule has 2 aliphatic rings. The third kappa shape index (κ3) is 2.35. The van der Waals surface area contributed by atoms with E-state index in [0.29, 0.717) is 23.0 Å². The van der Waals surface area contributed by atoms with Crippen LogP contribution in [0.15, 0.2) is 42.5 Å². The van der Waals surface area contributed by atoms with Gasteiger partial charge in [0.15, 0.2) is 0 Å². The zero-order valence-electron chi connectivity index (χ0n) is 13.6. The van der Waals surface area contributed by atoms with Crippen molar-refractivity contribution < 1.29 is 14.3 Å². The number of hydrogen-bond donors (Lipinski definition) is 1. The van der Waals surface area contributed by atoms with Gasteiger partial charge in [-0.1, -0.05) is 30.3 Å². The topological polar surface area (TPSA) is 37.3 Å². The Morgan fingerprint density at radius 3 is 2.21 bits per heavy atom. The van der Waals surface area contributed by atoms with Crippen LogP contribution < -0.4 is 0 Å². The lowest BCUT2D eigenvalue weighted by molar-refractivity contribution is 0.0697. The number of halogens is 1. The second kappa shape index (κ2) is 5.59. The lowest BCUT2D eigenvalue weighted by Gasteiger charge is -2.16. The zero-order valence-corrected chi connectivity index (χ0v) is 13.6. The number of carboxylic acid groups (broad SMARTS) is 1. The third-order valence-corrected chi connectivity index (χ3v) is 5.55. The number of fused-ring (bicyclic) bond motifs is 5. The lowest BCUT2D eigenvalue weighted by atomic mass is 9.89. The molecular formula is C21H19FO2. The minimum atomic E-state index is -1.00. The van der Waals surface area contributed by atoms with Gasteiger partial charge in [0.25, 0.3) is 0 Å². The van der Waals surface area contributed by atoms with E-state index < -0.39 is 5.97 Å². The molecule has 4 rings (SSSR count). The largest absolute Gasteiger partial charge is 0.478 e. The minimum absolute atomic E-state index is 0.165. The Kier molecular flexibility index (Phi) is 3.52. The highest BCUT2D eigenvalue weighted by molar-refractivity contribution is 5.90. The number of hydrogen-bond acceptors (Lipinski definition) is 1. The summed E-state index contributed by atoms with van der Waals surface area (Å²) in [6.07, 6.45) is 3.79. The number of rotatable bonds is 3. The Morgan fingerprint density at radius 1 is 0.958 bits per heavy atom. The molecule has 2 aliphatic carbocycles. The summed E-state index contributed by atoms with van der Waals surface area (Å²) >= 11 is 0. The van der Waals surface area contributed by atoms with Crippen LogP contribution in [0.1, 0.15) is 70.6 Å². The van der Waals surface area contributed by atoms with Crippen LogP contribution in [-0.4, -0.2) is 11.1 Å². The van der Waals surface area contributed by atoms with E-state index >= 15 is 0 Å². The Balaban J connectivity index is 1.69. The molecule has 2 unspecified atom stereocenters. The highest BCUT2D eigenvalue weighted by Crippen LogP contribution is 2.53. The van der Waals surface area contributed by atoms with E-state index in [2.05, 4.69) is 12.1 Å². The lowest BCUT2D eigenvalue weighted by Crippen LogP contribution is -1.99. The summed E-state index contributed by atoms with van der Waals surface area (Å²) in [5.74, 6) is 0.0544. The first-order chi connectivity index (χ1) is 11.5. The summed E-state index contributed by atoms with van der Waals surface area (Å²) in [6, 6.07) is 12.3. The van der Waals surface area contributed by atoms with Crippen LogP contribution in [0.3, 0.4) is 0 Å². The van der Waals surface area contributed by atoms with Crippen molar-refractivity contribution >= 4 is 17.4 Å². The van der Waals surface area contributed by atoms with Crippen LogP contribution in [-0.2, 0) is 0 Å². The van der Waals surface area contributed by atoms with Crippen molar-refractivity contribution in [3.8, 4) is 0 Å². The SMILES string of the molecule is C/C(=C(\F)c1ccc(C(=O)O)cc1)c1ccc2c(c1)C1CCC2C1. The van der Waals surface area contributed by atoms with Crippen LogP contribution in [0, 0.1) is 0 Å². The molecule has 0 aromatic heterocycles. The fourth-order valence-corrected chi connectivity index (χ4v) is 4.18. The first-order valence-electron chi connectivity index (χ1n) is 8.39. The van der Waals surface area contributed by atoms with Gasteiger partial charge in [0.1, 0.15) is 5.83 Å². The summed E-state index contributed by atoms with van der Waals surface area (Å²) in [5, 5.41) is 8.94. The Hall–Kier alpha value is -2.42. The third-order valence-electron chi connectivity index (χ3n) is 5.55. The predicted octanol–water partition coefficient (Wildman–Crippen LogP) is 5.61. The van der Waals surface area contributed by atoms with Gasteiger partial charge in [-0.25, -0.2) is 9.18 Å². The number of allylic oxidation sites excluding steroid dienone is 1. The van der Waals surface area contributed by atoms with Crippen molar-refractivity contribution in [3.63, 3.8) is 0 Å². The monoisotopic (exact) mass is 322 g/mol. The zero-order chi connectivity index (χ0) is 16.8. The maximum Gasteiger partial charge on any atom is 0.335 e. The average molecular weight is 322 g/mol. The molecule has 122 valence electrons. The fourth-order valence-electron chi connectivity index (χ4n) is 4.18. The van der Waals surface area contributed by atoms with E-state index in [1.54, 1.807) is 6.92 Å². The van der Waals surface area contributed by atoms with Gasteiger partial charge in [-0.3, -0.25) is 0 Å². The van der Waals surface area contributed by atoms with Crippen LogP contribution in [0.5, 0.6) is 0 Å². The second-order valence-corrected chi connectivity index (χ2v) is 6.87. The molecule has 3 heteroatoms. The highest BCUT2D eigenvalue weighted by atomic mass is 19.1. The molecule has 2 aromatic carbocycles. The Morgan fingerprint density at radius 2 is 1.54 bits per heavy atom. The minimum Gasteiger partial charge on any atom is -0.478 e. The van der Waals surface area contributed by atoms with Gasteiger partial charge in [-0.05, 0) is 72.4 Å². The number of aromatic carboxylic acids is 1. The number of benzene rings is 2. The van der Waals surface area contributed by atoms with E-state index in [9.17, 15) is 9.18 Å². The highest BCUT2D eigenvalue weighted by Gasteiger charge is 2.36. The predicted molar refractivity (Wildman–Crippen MR) is 92.8 cm³/mol. The molecule has 1 saturated carbocycles. The van der Waals surface area contributed by atoms with Crippen molar-refractivity contribution in [2.75, 3.05) is 0 Å². The summed E-state index contributed by atoms with van der Waals surface area (Å²) in [6.45, 7) is 1.79. The van der Waals surface area contributed by atoms with Crippen LogP contribution in [0.4, 0.5) is 4.39 Å². The normalized spacial score (nSPS) is 22.2. The molecule has 0 radical (unpaired) electrons. The summed E-state index contributed by atoms with van der Waals surface area (Å²) in [7, 11) is 0. The van der Waals surface area contributed by atoms with Gasteiger partial charge in [0.05, 0.1) is 5.56 Å². The van der Waals surface area contributed by atoms with Gasteiger partial charge < -0.3 is 5.11 Å². The van der Waals surface area contributed by atoms with Crippen molar-refractivity contribution in [2.24, 2.45) is 0 Å². The number of carboxylic acids is 1. The van der Waals surface area contributed by atoms with Crippen LogP contribution >= 0.6 is 0 Å². The summed E-state index contributed by atoms with van der Waals surface area (Å²) in [5.41, 5.74) is 4.95. The maximum absolute atomic E-state index is 14.8. The average Bonchev–Trinajstić information content (AvgIpc) is 3.22. The summed E-state index contributed by atoms with van der Waals surface area (Å²) in [4.78, 5) is 10.9. The smallest absolute Gasteiger partial charge is 0.335 e. The van der Waals surface area contributed by atoms with Crippen molar-refractivity contribution in [1.29, 1.82) is 0 Å². The van der Waals surface area contributed by atoms with E-state index in [-0.39, 0.29) is 11.4 Å². The van der Waals surface area contributed by atoms with E-state index in [1.807, 2.05) is 6.07 Å². The first kappa shape index (κ1) is 15.1. The molecule has 2 bridgehead atoms. The molecule has 2 nitrogen and oxygen atoms in total. The molecule has 0 amide bonds. The van der Waals surface area contributed by atoms with Gasteiger partial charge in [-0.2, -0.15) is 0 Å². The van der Waals surface area contributed by atoms with Crippen molar-refractivity contribution in [2.45, 2.75) is 38.0 Å². The second-order valence-electron chi connectivity index (χ2n) is 6.87. The van der Waals surface area contributed by atoms with E-state index in [4.69, 9.17) is 5.11 Å². The summed E-state index contributed by atoms with van der Waals surface area (Å²) < 4.78 is 14.8. The molecule has 0 saturated heterocycles. The van der Waals surface area contributed by atoms with Gasteiger partial charge >= 0.3 is 5.97 Å². The van der Waals surface area contributed by atoms with E-state index in [0.717, 1.165) is 5.56 Å². The van der Waals surface area contributed by atoms with Crippen LogP contribution in [0.25, 0.3) is 11.4 Å². The van der Waals surface area contributed by atoms with Crippen molar-refractivity contribution in [1.82, 2.24) is 0 Å². The quantitative estimate of drug-likeness (QED) is 0.746. The number of carbonyl (C=O) groups is 1. The van der Waals surface area contributed by atoms with Gasteiger partial charge in [-0.15, -0.1) is 0 Å². The molecule has 0 heterocycles. The van der Waals surface area contributed by atoms with Crippen molar-refractivity contribution in [3.05, 3.63) is 70.3 Å². The van der Waals surface area contributed by atoms with Crippen LogP contribution in [0.2, 0.25) is 0 Å². The molecule has 24 heavy (non-hydrogen) atoms. The first-order valence-corrected chi connectivity index (χ1v) is 8.39. The molecule has 1 fully saturated rings. The maximum atomic E-state index is 14.8. The van der Waals surface area contributed by atoms with Gasteiger partial charge in [0.2, 0.25) is 0 Å². The molecule has 1 N–H and O–H groups in total.